The van der Waals surface area contributed by atoms with Crippen molar-refractivity contribution in [1.29, 1.82) is 0 Å². The zero-order valence-corrected chi connectivity index (χ0v) is 18.2. The Morgan fingerprint density at radius 1 is 0.600 bits per heavy atom. The summed E-state index contributed by atoms with van der Waals surface area (Å²) in [6.45, 7) is 16.2. The molecule has 0 amide bonds. The van der Waals surface area contributed by atoms with Crippen LogP contribution in [0.3, 0.4) is 0 Å². The van der Waals surface area contributed by atoms with Crippen LogP contribution < -0.4 is 0 Å². The van der Waals surface area contributed by atoms with Crippen molar-refractivity contribution in [3.8, 4) is 0 Å². The van der Waals surface area contributed by atoms with Gasteiger partial charge in [-0.3, -0.25) is 0 Å². The molecule has 0 aliphatic rings. The topological polar surface area (TPSA) is 18.5 Å². The fourth-order valence-electron chi connectivity index (χ4n) is 2.94. The summed E-state index contributed by atoms with van der Waals surface area (Å²) in [5.74, 6) is 0. The maximum absolute atomic E-state index is 6.78. The fraction of sp³-hybridized carbons (Fsp3) is 1.00. The van der Waals surface area contributed by atoms with E-state index in [1.807, 2.05) is 0 Å². The summed E-state index contributed by atoms with van der Waals surface area (Å²) >= 11 is 0. The molecule has 0 saturated carbocycles. The zero-order chi connectivity index (χ0) is 15.6. The van der Waals surface area contributed by atoms with Crippen LogP contribution in [0.2, 0.25) is 42.3 Å². The van der Waals surface area contributed by atoms with Crippen LogP contribution >= 0.6 is 0 Å². The molecule has 0 N–H and O–H groups in total. The molecule has 0 fully saturated rings. The molecule has 0 saturated heterocycles. The lowest BCUT2D eigenvalue weighted by Crippen LogP contribution is -2.49. The Labute approximate surface area is 131 Å². The normalized spacial score (nSPS) is 13.2. The van der Waals surface area contributed by atoms with Gasteiger partial charge in [0.15, 0.2) is 16.6 Å². The quantitative estimate of drug-likeness (QED) is 0.429. The van der Waals surface area contributed by atoms with Gasteiger partial charge in [0.2, 0.25) is 0 Å². The first-order chi connectivity index (χ1) is 9.50. The lowest BCUT2D eigenvalue weighted by molar-refractivity contribution is 0.397. The van der Waals surface area contributed by atoms with E-state index in [1.165, 1.54) is 48.7 Å². The third-order valence-corrected chi connectivity index (χ3v) is 20.0. The predicted octanol–water partition coefficient (Wildman–Crippen LogP) is 5.66. The van der Waals surface area contributed by atoms with Crippen molar-refractivity contribution < 1.29 is 8.23 Å². The van der Waals surface area contributed by atoms with Gasteiger partial charge in [0.1, 0.15) is 0 Å². The van der Waals surface area contributed by atoms with Crippen molar-refractivity contribution in [2.75, 3.05) is 0 Å². The van der Waals surface area contributed by atoms with Crippen LogP contribution in [0.1, 0.15) is 54.9 Å². The Hall–Kier alpha value is 0.571. The molecule has 0 atom stereocenters. The highest BCUT2D eigenvalue weighted by atomic mass is 28.4. The van der Waals surface area contributed by atoms with E-state index in [2.05, 4.69) is 48.5 Å². The van der Waals surface area contributed by atoms with Crippen LogP contribution in [0.25, 0.3) is 0 Å². The summed E-state index contributed by atoms with van der Waals surface area (Å²) in [7, 11) is -4.46. The minimum Gasteiger partial charge on any atom is -0.438 e. The molecule has 0 radical (unpaired) electrons. The molecule has 20 heavy (non-hydrogen) atoms. The summed E-state index contributed by atoms with van der Waals surface area (Å²) < 4.78 is 13.6. The average Bonchev–Trinajstić information content (AvgIpc) is 2.50. The SMILES string of the molecule is CCC[SiH](O[Si](CC)(CC)CC)O[Si](CC)(CC)CC. The summed E-state index contributed by atoms with van der Waals surface area (Å²) in [6.07, 6.45) is 1.21. The van der Waals surface area contributed by atoms with E-state index in [0.29, 0.717) is 0 Å². The number of hydrogen-bond donors (Lipinski definition) is 0. The molecule has 5 heteroatoms. The minimum atomic E-state index is -1.50. The lowest BCUT2D eigenvalue weighted by Gasteiger charge is -2.38. The molecule has 0 aliphatic carbocycles. The first-order valence-corrected chi connectivity index (χ1v) is 15.7. The molecule has 0 heterocycles. The minimum absolute atomic E-state index is 1.20. The van der Waals surface area contributed by atoms with Gasteiger partial charge in [-0.1, -0.05) is 54.9 Å². The summed E-state index contributed by atoms with van der Waals surface area (Å²) in [5, 5.41) is 0. The largest absolute Gasteiger partial charge is 0.438 e. The van der Waals surface area contributed by atoms with Gasteiger partial charge < -0.3 is 8.23 Å². The highest BCUT2D eigenvalue weighted by Crippen LogP contribution is 2.28. The molecule has 2 nitrogen and oxygen atoms in total. The number of hydrogen-bond acceptors (Lipinski definition) is 2. The first kappa shape index (κ1) is 20.6. The van der Waals surface area contributed by atoms with E-state index in [4.69, 9.17) is 8.23 Å². The molecule has 0 aromatic rings. The second kappa shape index (κ2) is 10.3. The molecular formula is C15H38O2Si3. The molecule has 0 rings (SSSR count). The lowest BCUT2D eigenvalue weighted by atomic mass is 10.6. The Morgan fingerprint density at radius 3 is 1.10 bits per heavy atom. The molecule has 0 aromatic heterocycles. The van der Waals surface area contributed by atoms with Gasteiger partial charge in [0.05, 0.1) is 0 Å². The van der Waals surface area contributed by atoms with Crippen molar-refractivity contribution in [2.45, 2.75) is 97.2 Å². The Morgan fingerprint density at radius 2 is 0.900 bits per heavy atom. The van der Waals surface area contributed by atoms with Crippen molar-refractivity contribution in [1.82, 2.24) is 0 Å². The van der Waals surface area contributed by atoms with Gasteiger partial charge in [0, 0.05) is 0 Å². The molecule has 0 aliphatic heterocycles. The van der Waals surface area contributed by atoms with Crippen LogP contribution in [0, 0.1) is 0 Å². The molecular weight excluding hydrogens is 296 g/mol. The molecule has 0 unspecified atom stereocenters. The highest BCUT2D eigenvalue weighted by molar-refractivity contribution is 6.83. The summed E-state index contributed by atoms with van der Waals surface area (Å²) in [4.78, 5) is 0. The van der Waals surface area contributed by atoms with Crippen LogP contribution in [0.5, 0.6) is 0 Å². The van der Waals surface area contributed by atoms with Crippen LogP contribution in [0.4, 0.5) is 0 Å². The maximum Gasteiger partial charge on any atom is 0.300 e. The van der Waals surface area contributed by atoms with E-state index >= 15 is 0 Å². The van der Waals surface area contributed by atoms with Crippen molar-refractivity contribution in [2.24, 2.45) is 0 Å². The molecule has 0 bridgehead atoms. The molecule has 122 valence electrons. The second-order valence-electron chi connectivity index (χ2n) is 5.94. The zero-order valence-electron chi connectivity index (χ0n) is 15.1. The fourth-order valence-corrected chi connectivity index (χ4v) is 16.4. The molecule has 0 spiro atoms. The number of rotatable bonds is 12. The third kappa shape index (κ3) is 5.75. The summed E-state index contributed by atoms with van der Waals surface area (Å²) in [5.41, 5.74) is 0. The Bertz CT molecular complexity index is 203. The van der Waals surface area contributed by atoms with E-state index in [-0.39, 0.29) is 0 Å². The van der Waals surface area contributed by atoms with Crippen LogP contribution in [0.15, 0.2) is 0 Å². The second-order valence-corrected chi connectivity index (χ2v) is 18.2. The Kier molecular flexibility index (Phi) is 10.6. The molecule has 0 aromatic carbocycles. The van der Waals surface area contributed by atoms with Gasteiger partial charge in [-0.15, -0.1) is 0 Å². The standard InChI is InChI=1S/C15H38O2Si3/c1-8-15-18(16-19(9-2,10-3)11-4)17-20(12-5,13-6)14-7/h18H,8-15H2,1-7H3. The van der Waals surface area contributed by atoms with Gasteiger partial charge in [-0.2, -0.15) is 0 Å². The smallest absolute Gasteiger partial charge is 0.300 e. The van der Waals surface area contributed by atoms with E-state index in [0.717, 1.165) is 0 Å². The van der Waals surface area contributed by atoms with Gasteiger partial charge >= 0.3 is 9.28 Å². The van der Waals surface area contributed by atoms with E-state index in [9.17, 15) is 0 Å². The third-order valence-electron chi connectivity index (χ3n) is 5.15. The van der Waals surface area contributed by atoms with E-state index in [1.54, 1.807) is 0 Å². The van der Waals surface area contributed by atoms with Gasteiger partial charge in [-0.25, -0.2) is 0 Å². The monoisotopic (exact) mass is 334 g/mol. The highest BCUT2D eigenvalue weighted by Gasteiger charge is 2.37. The first-order valence-electron chi connectivity index (χ1n) is 8.86. The maximum atomic E-state index is 6.78. The van der Waals surface area contributed by atoms with Crippen LogP contribution in [-0.2, 0) is 8.23 Å². The van der Waals surface area contributed by atoms with Crippen LogP contribution in [-0.4, -0.2) is 25.9 Å². The van der Waals surface area contributed by atoms with Gasteiger partial charge in [0.25, 0.3) is 0 Å². The average molecular weight is 335 g/mol. The predicted molar refractivity (Wildman–Crippen MR) is 98.8 cm³/mol. The van der Waals surface area contributed by atoms with Crippen molar-refractivity contribution in [3.63, 3.8) is 0 Å². The van der Waals surface area contributed by atoms with Gasteiger partial charge in [-0.05, 0) is 42.3 Å². The Balaban J connectivity index is 4.95. The van der Waals surface area contributed by atoms with Crippen molar-refractivity contribution in [3.05, 3.63) is 0 Å². The van der Waals surface area contributed by atoms with Crippen molar-refractivity contribution >= 4 is 25.9 Å². The summed E-state index contributed by atoms with van der Waals surface area (Å²) in [6, 6.07) is 8.67. The van der Waals surface area contributed by atoms with E-state index < -0.39 is 25.9 Å².